The number of halogens is 2. The molecule has 0 spiro atoms. The lowest BCUT2D eigenvalue weighted by atomic mass is 10.0. The van der Waals surface area contributed by atoms with Gasteiger partial charge >= 0.3 is 0 Å². The van der Waals surface area contributed by atoms with E-state index < -0.39 is 0 Å². The van der Waals surface area contributed by atoms with Gasteiger partial charge in [-0.2, -0.15) is 0 Å². The summed E-state index contributed by atoms with van der Waals surface area (Å²) >= 11 is 9.72. The van der Waals surface area contributed by atoms with Crippen molar-refractivity contribution in [3.8, 4) is 0 Å². The van der Waals surface area contributed by atoms with E-state index in [1.54, 1.807) is 0 Å². The van der Waals surface area contributed by atoms with Gasteiger partial charge in [-0.15, -0.1) is 0 Å². The molecule has 1 unspecified atom stereocenters. The van der Waals surface area contributed by atoms with E-state index in [9.17, 15) is 0 Å². The fourth-order valence-corrected chi connectivity index (χ4v) is 2.98. The molecule has 0 aliphatic heterocycles. The highest BCUT2D eigenvalue weighted by molar-refractivity contribution is 9.10. The molecular formula is C17H15BrClNO. The fourth-order valence-electron chi connectivity index (χ4n) is 2.51. The number of furan rings is 1. The van der Waals surface area contributed by atoms with Crippen LogP contribution in [0.2, 0.25) is 5.02 Å². The summed E-state index contributed by atoms with van der Waals surface area (Å²) in [5.74, 6) is 0.863. The van der Waals surface area contributed by atoms with E-state index in [0.29, 0.717) is 5.02 Å². The minimum absolute atomic E-state index is 0.000247. The summed E-state index contributed by atoms with van der Waals surface area (Å²) in [4.78, 5) is 0. The Labute approximate surface area is 137 Å². The van der Waals surface area contributed by atoms with Gasteiger partial charge in [0.2, 0.25) is 0 Å². The number of fused-ring (bicyclic) bond motifs is 1. The van der Waals surface area contributed by atoms with E-state index >= 15 is 0 Å². The van der Waals surface area contributed by atoms with Gasteiger partial charge in [0.15, 0.2) is 5.58 Å². The number of para-hydroxylation sites is 1. The molecule has 3 aromatic rings. The molecule has 2 aromatic carbocycles. The number of nitrogens with one attached hydrogen (secondary N) is 1. The lowest BCUT2D eigenvalue weighted by Crippen LogP contribution is -2.17. The second-order valence-electron chi connectivity index (χ2n) is 5.04. The summed E-state index contributed by atoms with van der Waals surface area (Å²) in [6.45, 7) is 2.08. The Morgan fingerprint density at radius 3 is 2.67 bits per heavy atom. The van der Waals surface area contributed by atoms with Gasteiger partial charge in [0, 0.05) is 9.86 Å². The molecule has 0 aliphatic carbocycles. The van der Waals surface area contributed by atoms with Crippen molar-refractivity contribution in [2.75, 3.05) is 7.05 Å². The predicted octanol–water partition coefficient (Wildman–Crippen LogP) is 5.47. The zero-order valence-corrected chi connectivity index (χ0v) is 14.1. The quantitative estimate of drug-likeness (QED) is 0.667. The van der Waals surface area contributed by atoms with Crippen molar-refractivity contribution in [1.29, 1.82) is 0 Å². The number of benzene rings is 2. The van der Waals surface area contributed by atoms with Gasteiger partial charge in [-0.05, 0) is 43.3 Å². The molecule has 3 rings (SSSR count). The maximum Gasteiger partial charge on any atom is 0.152 e. The van der Waals surface area contributed by atoms with Crippen LogP contribution in [0.15, 0.2) is 51.4 Å². The summed E-state index contributed by atoms with van der Waals surface area (Å²) in [5, 5.41) is 4.97. The molecule has 4 heteroatoms. The summed E-state index contributed by atoms with van der Waals surface area (Å²) < 4.78 is 7.08. The molecule has 0 aliphatic rings. The first kappa shape index (κ1) is 14.6. The van der Waals surface area contributed by atoms with E-state index in [0.717, 1.165) is 26.8 Å². The highest BCUT2D eigenvalue weighted by atomic mass is 79.9. The molecule has 0 amide bonds. The monoisotopic (exact) mass is 363 g/mol. The molecule has 1 atom stereocenters. The molecule has 1 heterocycles. The summed E-state index contributed by atoms with van der Waals surface area (Å²) in [6.07, 6.45) is 0. The third kappa shape index (κ3) is 2.73. The molecule has 1 aromatic heterocycles. The van der Waals surface area contributed by atoms with Crippen LogP contribution < -0.4 is 5.32 Å². The number of hydrogen-bond donors (Lipinski definition) is 1. The highest BCUT2D eigenvalue weighted by Gasteiger charge is 2.18. The average molecular weight is 365 g/mol. The molecule has 0 bridgehead atoms. The Morgan fingerprint density at radius 2 is 2.00 bits per heavy atom. The third-order valence-corrected chi connectivity index (χ3v) is 4.79. The molecule has 0 saturated heterocycles. The van der Waals surface area contributed by atoms with Gasteiger partial charge in [0.25, 0.3) is 0 Å². The van der Waals surface area contributed by atoms with Crippen LogP contribution in [0.3, 0.4) is 0 Å². The topological polar surface area (TPSA) is 25.2 Å². The smallest absolute Gasteiger partial charge is 0.152 e. The minimum Gasteiger partial charge on any atom is -0.457 e. The minimum atomic E-state index is 0.000247. The summed E-state index contributed by atoms with van der Waals surface area (Å²) in [5.41, 5.74) is 3.10. The van der Waals surface area contributed by atoms with Crippen molar-refractivity contribution in [2.45, 2.75) is 13.0 Å². The standard InChI is InChI=1S/C17H15BrClNO/c1-10-8-11(6-7-13(10)18)16(20-2)15-9-12-4-3-5-14(19)17(12)21-15/h3-9,16,20H,1-2H3. The molecule has 21 heavy (non-hydrogen) atoms. The molecular weight excluding hydrogens is 350 g/mol. The third-order valence-electron chi connectivity index (χ3n) is 3.60. The van der Waals surface area contributed by atoms with Crippen molar-refractivity contribution < 1.29 is 4.42 Å². The zero-order chi connectivity index (χ0) is 15.0. The maximum atomic E-state index is 6.19. The first-order chi connectivity index (χ1) is 10.1. The molecule has 0 radical (unpaired) electrons. The Balaban J connectivity index is 2.09. The second kappa shape index (κ2) is 5.84. The van der Waals surface area contributed by atoms with Crippen molar-refractivity contribution in [2.24, 2.45) is 0 Å². The summed E-state index contributed by atoms with van der Waals surface area (Å²) in [6, 6.07) is 14.1. The number of aryl methyl sites for hydroxylation is 1. The van der Waals surface area contributed by atoms with E-state index in [1.165, 1.54) is 5.56 Å². The van der Waals surface area contributed by atoms with Crippen LogP contribution in [0.25, 0.3) is 11.0 Å². The lowest BCUT2D eigenvalue weighted by molar-refractivity contribution is 0.491. The molecule has 1 N–H and O–H groups in total. The van der Waals surface area contributed by atoms with Crippen molar-refractivity contribution in [3.05, 3.63) is 68.8 Å². The lowest BCUT2D eigenvalue weighted by Gasteiger charge is -2.15. The predicted molar refractivity (Wildman–Crippen MR) is 91.0 cm³/mol. The van der Waals surface area contributed by atoms with Crippen LogP contribution in [0.1, 0.15) is 22.9 Å². The molecule has 0 saturated carbocycles. The fraction of sp³-hybridized carbons (Fsp3) is 0.176. The van der Waals surface area contributed by atoms with E-state index in [1.807, 2.05) is 31.3 Å². The molecule has 108 valence electrons. The Bertz CT molecular complexity index is 797. The van der Waals surface area contributed by atoms with Crippen LogP contribution in [-0.2, 0) is 0 Å². The SMILES string of the molecule is CNC(c1ccc(Br)c(C)c1)c1cc2cccc(Cl)c2o1. The van der Waals surface area contributed by atoms with E-state index in [2.05, 4.69) is 46.4 Å². The van der Waals surface area contributed by atoms with Crippen LogP contribution in [0.4, 0.5) is 0 Å². The number of rotatable bonds is 3. The average Bonchev–Trinajstić information content (AvgIpc) is 2.89. The highest BCUT2D eigenvalue weighted by Crippen LogP contribution is 2.32. The Hall–Kier alpha value is -1.29. The van der Waals surface area contributed by atoms with E-state index in [4.69, 9.17) is 16.0 Å². The van der Waals surface area contributed by atoms with Gasteiger partial charge in [-0.3, -0.25) is 0 Å². The van der Waals surface area contributed by atoms with Gasteiger partial charge in [-0.25, -0.2) is 0 Å². The Kier molecular flexibility index (Phi) is 4.07. The van der Waals surface area contributed by atoms with Crippen LogP contribution in [0.5, 0.6) is 0 Å². The van der Waals surface area contributed by atoms with Crippen molar-refractivity contribution >= 4 is 38.5 Å². The van der Waals surface area contributed by atoms with Crippen LogP contribution in [-0.4, -0.2) is 7.05 Å². The van der Waals surface area contributed by atoms with E-state index in [-0.39, 0.29) is 6.04 Å². The van der Waals surface area contributed by atoms with Gasteiger partial charge < -0.3 is 9.73 Å². The molecule has 0 fully saturated rings. The van der Waals surface area contributed by atoms with Gasteiger partial charge in [0.1, 0.15) is 5.76 Å². The Morgan fingerprint density at radius 1 is 1.19 bits per heavy atom. The largest absolute Gasteiger partial charge is 0.457 e. The van der Waals surface area contributed by atoms with Crippen molar-refractivity contribution in [3.63, 3.8) is 0 Å². The number of hydrogen-bond acceptors (Lipinski definition) is 2. The normalized spacial score (nSPS) is 12.8. The van der Waals surface area contributed by atoms with Crippen LogP contribution >= 0.6 is 27.5 Å². The first-order valence-electron chi connectivity index (χ1n) is 6.71. The second-order valence-corrected chi connectivity index (χ2v) is 6.30. The van der Waals surface area contributed by atoms with Crippen molar-refractivity contribution in [1.82, 2.24) is 5.32 Å². The van der Waals surface area contributed by atoms with Gasteiger partial charge in [-0.1, -0.05) is 51.8 Å². The maximum absolute atomic E-state index is 6.19. The first-order valence-corrected chi connectivity index (χ1v) is 7.88. The molecule has 2 nitrogen and oxygen atoms in total. The zero-order valence-electron chi connectivity index (χ0n) is 11.8. The summed E-state index contributed by atoms with van der Waals surface area (Å²) in [7, 11) is 1.93. The van der Waals surface area contributed by atoms with Crippen LogP contribution in [0, 0.1) is 6.92 Å². The van der Waals surface area contributed by atoms with Gasteiger partial charge in [0.05, 0.1) is 11.1 Å².